The van der Waals surface area contributed by atoms with E-state index in [1.165, 1.54) is 18.2 Å². The number of rotatable bonds is 4. The van der Waals surface area contributed by atoms with Gasteiger partial charge in [-0.15, -0.1) is 0 Å². The van der Waals surface area contributed by atoms with Crippen LogP contribution < -0.4 is 5.32 Å². The van der Waals surface area contributed by atoms with Crippen molar-refractivity contribution in [1.29, 1.82) is 0 Å². The lowest BCUT2D eigenvalue weighted by atomic mass is 9.91. The van der Waals surface area contributed by atoms with Crippen LogP contribution in [0.15, 0.2) is 18.2 Å². The van der Waals surface area contributed by atoms with Gasteiger partial charge >= 0.3 is 0 Å². The molecule has 1 N–H and O–H groups in total. The minimum atomic E-state index is -0.470. The summed E-state index contributed by atoms with van der Waals surface area (Å²) in [5.74, 6) is -0.631. The van der Waals surface area contributed by atoms with Crippen LogP contribution in [0, 0.1) is 17.6 Å². The fourth-order valence-corrected chi connectivity index (χ4v) is 2.58. The molecule has 1 aromatic carbocycles. The molecule has 0 aliphatic carbocycles. The molecule has 1 saturated heterocycles. The van der Waals surface area contributed by atoms with E-state index < -0.39 is 11.6 Å². The number of likely N-dealkylation sites (N-methyl/N-ethyl adjacent to an activating group) is 1. The molecular formula is C14H19F2NO. The minimum Gasteiger partial charge on any atom is -0.378 e. The Labute approximate surface area is 106 Å². The first-order valence-corrected chi connectivity index (χ1v) is 6.33. The number of hydrogen-bond donors (Lipinski definition) is 1. The molecule has 2 rings (SSSR count). The normalized spacial score (nSPS) is 25.3. The van der Waals surface area contributed by atoms with Gasteiger partial charge < -0.3 is 10.1 Å². The Balaban J connectivity index is 2.10. The summed E-state index contributed by atoms with van der Waals surface area (Å²) in [6.07, 6.45) is 1.52. The Kier molecular flexibility index (Phi) is 4.30. The molecular weight excluding hydrogens is 236 g/mol. The van der Waals surface area contributed by atoms with Crippen LogP contribution in [0.1, 0.15) is 18.9 Å². The molecule has 1 fully saturated rings. The van der Waals surface area contributed by atoms with Gasteiger partial charge in [0.05, 0.1) is 12.7 Å². The van der Waals surface area contributed by atoms with Crippen molar-refractivity contribution in [3.63, 3.8) is 0 Å². The van der Waals surface area contributed by atoms with Crippen LogP contribution in [0.3, 0.4) is 0 Å². The van der Waals surface area contributed by atoms with E-state index in [2.05, 4.69) is 5.32 Å². The molecule has 0 saturated carbocycles. The first-order chi connectivity index (χ1) is 8.61. The molecule has 4 heteroatoms. The van der Waals surface area contributed by atoms with E-state index in [1.807, 2.05) is 14.0 Å². The number of ether oxygens (including phenoxy) is 1. The van der Waals surface area contributed by atoms with Gasteiger partial charge in [0.1, 0.15) is 11.6 Å². The Bertz CT molecular complexity index is 391. The average molecular weight is 255 g/mol. The third-order valence-electron chi connectivity index (χ3n) is 3.66. The predicted molar refractivity (Wildman–Crippen MR) is 66.4 cm³/mol. The minimum absolute atomic E-state index is 0.0429. The average Bonchev–Trinajstić information content (AvgIpc) is 2.76. The topological polar surface area (TPSA) is 21.3 Å². The number of benzene rings is 1. The molecule has 2 nitrogen and oxygen atoms in total. The molecule has 18 heavy (non-hydrogen) atoms. The molecule has 3 unspecified atom stereocenters. The highest BCUT2D eigenvalue weighted by atomic mass is 19.1. The van der Waals surface area contributed by atoms with Crippen LogP contribution in [0.4, 0.5) is 8.78 Å². The van der Waals surface area contributed by atoms with Crippen LogP contribution in [0.2, 0.25) is 0 Å². The summed E-state index contributed by atoms with van der Waals surface area (Å²) in [7, 11) is 1.83. The van der Waals surface area contributed by atoms with Gasteiger partial charge in [0.2, 0.25) is 0 Å². The predicted octanol–water partition coefficient (Wildman–Crippen LogP) is 2.52. The SMILES string of the molecule is CNC(Cc1c(F)cccc1F)C1COC(C)C1. The van der Waals surface area contributed by atoms with Gasteiger partial charge in [0.25, 0.3) is 0 Å². The highest BCUT2D eigenvalue weighted by Crippen LogP contribution is 2.25. The smallest absolute Gasteiger partial charge is 0.129 e. The van der Waals surface area contributed by atoms with Crippen molar-refractivity contribution in [2.75, 3.05) is 13.7 Å². The van der Waals surface area contributed by atoms with Gasteiger partial charge in [-0.1, -0.05) is 6.07 Å². The second-order valence-corrected chi connectivity index (χ2v) is 4.94. The maximum absolute atomic E-state index is 13.6. The zero-order valence-electron chi connectivity index (χ0n) is 10.7. The molecule has 0 bridgehead atoms. The highest BCUT2D eigenvalue weighted by molar-refractivity contribution is 5.21. The highest BCUT2D eigenvalue weighted by Gasteiger charge is 2.29. The zero-order valence-corrected chi connectivity index (χ0v) is 10.7. The molecule has 0 amide bonds. The van der Waals surface area contributed by atoms with Crippen LogP contribution in [0.25, 0.3) is 0 Å². The van der Waals surface area contributed by atoms with Crippen molar-refractivity contribution in [2.45, 2.75) is 31.9 Å². The van der Waals surface area contributed by atoms with Crippen molar-refractivity contribution < 1.29 is 13.5 Å². The van der Waals surface area contributed by atoms with Gasteiger partial charge in [-0.3, -0.25) is 0 Å². The Morgan fingerprint density at radius 1 is 1.39 bits per heavy atom. The first kappa shape index (κ1) is 13.4. The van der Waals surface area contributed by atoms with Crippen molar-refractivity contribution in [3.05, 3.63) is 35.4 Å². The van der Waals surface area contributed by atoms with Crippen LogP contribution in [-0.4, -0.2) is 25.8 Å². The largest absolute Gasteiger partial charge is 0.378 e. The molecule has 100 valence electrons. The van der Waals surface area contributed by atoms with E-state index in [9.17, 15) is 8.78 Å². The van der Waals surface area contributed by atoms with Crippen molar-refractivity contribution in [2.24, 2.45) is 5.92 Å². The number of nitrogens with one attached hydrogen (secondary N) is 1. The molecule has 3 atom stereocenters. The molecule has 0 aromatic heterocycles. The summed E-state index contributed by atoms with van der Waals surface area (Å²) < 4.78 is 32.7. The Morgan fingerprint density at radius 2 is 2.06 bits per heavy atom. The summed E-state index contributed by atoms with van der Waals surface area (Å²) in [5, 5.41) is 3.15. The third-order valence-corrected chi connectivity index (χ3v) is 3.66. The quantitative estimate of drug-likeness (QED) is 0.892. The molecule has 1 heterocycles. The van der Waals surface area contributed by atoms with Gasteiger partial charge in [-0.05, 0) is 38.9 Å². The molecule has 1 aliphatic heterocycles. The van der Waals surface area contributed by atoms with E-state index in [1.54, 1.807) is 0 Å². The van der Waals surface area contributed by atoms with Crippen LogP contribution >= 0.6 is 0 Å². The summed E-state index contributed by atoms with van der Waals surface area (Å²) in [6, 6.07) is 4.04. The van der Waals surface area contributed by atoms with E-state index in [0.717, 1.165) is 6.42 Å². The molecule has 0 radical (unpaired) electrons. The second kappa shape index (κ2) is 5.76. The lowest BCUT2D eigenvalue weighted by molar-refractivity contribution is 0.117. The summed E-state index contributed by atoms with van der Waals surface area (Å²) >= 11 is 0. The van der Waals surface area contributed by atoms with Gasteiger partial charge in [-0.25, -0.2) is 8.78 Å². The van der Waals surface area contributed by atoms with E-state index in [4.69, 9.17) is 4.74 Å². The maximum atomic E-state index is 13.6. The fourth-order valence-electron chi connectivity index (χ4n) is 2.58. The third kappa shape index (κ3) is 2.87. The zero-order chi connectivity index (χ0) is 13.1. The molecule has 0 spiro atoms. The fraction of sp³-hybridized carbons (Fsp3) is 0.571. The van der Waals surface area contributed by atoms with Crippen molar-refractivity contribution >= 4 is 0 Å². The summed E-state index contributed by atoms with van der Waals surface area (Å²) in [4.78, 5) is 0. The second-order valence-electron chi connectivity index (χ2n) is 4.94. The Hall–Kier alpha value is -1.00. The van der Waals surface area contributed by atoms with Gasteiger partial charge in [-0.2, -0.15) is 0 Å². The summed E-state index contributed by atoms with van der Waals surface area (Å²) in [5.41, 5.74) is 0.163. The van der Waals surface area contributed by atoms with Crippen LogP contribution in [0.5, 0.6) is 0 Å². The standard InChI is InChI=1S/C14H19F2NO/c1-9-6-10(8-18-9)14(17-2)7-11-12(15)4-3-5-13(11)16/h3-5,9-10,14,17H,6-8H2,1-2H3. The lowest BCUT2D eigenvalue weighted by Gasteiger charge is -2.22. The van der Waals surface area contributed by atoms with Gasteiger partial charge in [0, 0.05) is 17.5 Å². The Morgan fingerprint density at radius 3 is 2.56 bits per heavy atom. The maximum Gasteiger partial charge on any atom is 0.129 e. The van der Waals surface area contributed by atoms with Gasteiger partial charge in [0.15, 0.2) is 0 Å². The first-order valence-electron chi connectivity index (χ1n) is 6.33. The molecule has 1 aliphatic rings. The number of halogens is 2. The van der Waals surface area contributed by atoms with E-state index in [-0.39, 0.29) is 17.7 Å². The lowest BCUT2D eigenvalue weighted by Crippen LogP contribution is -2.36. The molecule has 1 aromatic rings. The monoisotopic (exact) mass is 255 g/mol. The number of hydrogen-bond acceptors (Lipinski definition) is 2. The van der Waals surface area contributed by atoms with E-state index >= 15 is 0 Å². The van der Waals surface area contributed by atoms with Crippen molar-refractivity contribution in [3.8, 4) is 0 Å². The summed E-state index contributed by atoms with van der Waals surface area (Å²) in [6.45, 7) is 2.68. The van der Waals surface area contributed by atoms with E-state index in [0.29, 0.717) is 18.9 Å². The van der Waals surface area contributed by atoms with Crippen molar-refractivity contribution in [1.82, 2.24) is 5.32 Å². The van der Waals surface area contributed by atoms with Crippen LogP contribution in [-0.2, 0) is 11.2 Å².